The first-order valence-electron chi connectivity index (χ1n) is 11.2. The molecule has 0 atom stereocenters. The number of nitrogens with two attached hydrogens (primary N) is 1. The van der Waals surface area contributed by atoms with Crippen molar-refractivity contribution >= 4 is 49.8 Å². The van der Waals surface area contributed by atoms with Crippen LogP contribution in [0.25, 0.3) is 11.0 Å². The number of para-hydroxylation sites is 2. The highest BCUT2D eigenvalue weighted by molar-refractivity contribution is 7.90. The minimum Gasteiger partial charge on any atom is -0.497 e. The molecule has 36 heavy (non-hydrogen) atoms. The molecule has 4 rings (SSSR count). The third-order valence-electron chi connectivity index (χ3n) is 5.52. The van der Waals surface area contributed by atoms with E-state index >= 15 is 0 Å². The van der Waals surface area contributed by atoms with E-state index in [2.05, 4.69) is 15.3 Å². The minimum atomic E-state index is -3.87. The number of hydrogen-bond acceptors (Lipinski definition) is 8. The fraction of sp³-hybridized carbons (Fsp3) is 0.192. The van der Waals surface area contributed by atoms with Gasteiger partial charge in [0.25, 0.3) is 0 Å². The van der Waals surface area contributed by atoms with Crippen molar-refractivity contribution in [2.45, 2.75) is 23.5 Å². The summed E-state index contributed by atoms with van der Waals surface area (Å²) in [5, 5.41) is 3.52. The molecule has 186 valence electrons. The first kappa shape index (κ1) is 25.6. The average molecular weight is 525 g/mol. The summed E-state index contributed by atoms with van der Waals surface area (Å²) >= 11 is 6.36. The van der Waals surface area contributed by atoms with Crippen molar-refractivity contribution < 1.29 is 17.9 Å². The highest BCUT2D eigenvalue weighted by Gasteiger charge is 2.22. The summed E-state index contributed by atoms with van der Waals surface area (Å²) in [7, 11) is -2.34. The molecule has 0 amide bonds. The highest BCUT2D eigenvalue weighted by atomic mass is 35.5. The molecule has 0 fully saturated rings. The number of nitrogens with one attached hydrogen (secondary N) is 1. The van der Waals surface area contributed by atoms with E-state index in [1.54, 1.807) is 48.5 Å². The molecule has 3 N–H and O–H groups in total. The van der Waals surface area contributed by atoms with Crippen LogP contribution in [-0.2, 0) is 15.6 Å². The van der Waals surface area contributed by atoms with Crippen molar-refractivity contribution in [3.63, 3.8) is 0 Å². The molecule has 0 saturated heterocycles. The Bertz CT molecular complexity index is 1530. The van der Waals surface area contributed by atoms with Gasteiger partial charge in [-0.1, -0.05) is 35.9 Å². The zero-order chi connectivity index (χ0) is 25.7. The van der Waals surface area contributed by atoms with Crippen LogP contribution in [0.1, 0.15) is 28.9 Å². The quantitative estimate of drug-likeness (QED) is 0.280. The van der Waals surface area contributed by atoms with Crippen LogP contribution in [0.3, 0.4) is 0 Å². The van der Waals surface area contributed by atoms with Gasteiger partial charge >= 0.3 is 0 Å². The number of aromatic nitrogens is 2. The summed E-state index contributed by atoms with van der Waals surface area (Å²) in [5.74, 6) is 0.233. The maximum Gasteiger partial charge on any atom is 0.184 e. The molecule has 4 aromatic rings. The molecule has 0 spiro atoms. The Morgan fingerprint density at radius 2 is 1.78 bits per heavy atom. The zero-order valence-electron chi connectivity index (χ0n) is 19.6. The van der Waals surface area contributed by atoms with E-state index in [4.69, 9.17) is 22.1 Å². The summed E-state index contributed by atoms with van der Waals surface area (Å²) in [6, 6.07) is 18.3. The third-order valence-corrected chi connectivity index (χ3v) is 7.47. The van der Waals surface area contributed by atoms with Gasteiger partial charge in [0.2, 0.25) is 0 Å². The van der Waals surface area contributed by atoms with Gasteiger partial charge in [-0.05, 0) is 49.4 Å². The topological polar surface area (TPSA) is 124 Å². The van der Waals surface area contributed by atoms with Crippen LogP contribution in [0.2, 0.25) is 5.02 Å². The first-order valence-corrected chi connectivity index (χ1v) is 13.3. The standard InChI is InChI=1S/C26H25ClN4O4S/c1-35-18-11-12-20(27)23(15-18)31-26-24(29-21-8-2-3-9-22(21)30-26)16-36(33,34)19-7-4-6-17(14-19)25(32)10-5-13-28/h2-4,6-9,11-12,14-15H,5,10,13,16,28H2,1H3,(H,30,31). The second-order valence-electron chi connectivity index (χ2n) is 8.08. The third kappa shape index (κ3) is 5.81. The van der Waals surface area contributed by atoms with E-state index in [0.29, 0.717) is 46.0 Å². The van der Waals surface area contributed by atoms with E-state index < -0.39 is 15.6 Å². The SMILES string of the molecule is COc1ccc(Cl)c(Nc2nc3ccccc3nc2CS(=O)(=O)c2cccc(C(=O)CCCN)c2)c1. The Labute approximate surface area is 214 Å². The predicted octanol–water partition coefficient (Wildman–Crippen LogP) is 4.93. The lowest BCUT2D eigenvalue weighted by Crippen LogP contribution is -2.11. The van der Waals surface area contributed by atoms with Gasteiger partial charge in [-0.15, -0.1) is 0 Å². The van der Waals surface area contributed by atoms with Crippen molar-refractivity contribution in [1.29, 1.82) is 0 Å². The molecular formula is C26H25ClN4O4S. The number of Topliss-reactive ketones (excluding diaryl/α,β-unsaturated/α-hetero) is 1. The lowest BCUT2D eigenvalue weighted by Gasteiger charge is -2.14. The fourth-order valence-electron chi connectivity index (χ4n) is 3.63. The molecule has 0 unspecified atom stereocenters. The molecule has 1 heterocycles. The Kier molecular flexibility index (Phi) is 7.83. The molecule has 0 saturated carbocycles. The van der Waals surface area contributed by atoms with E-state index in [1.165, 1.54) is 19.2 Å². The van der Waals surface area contributed by atoms with E-state index in [9.17, 15) is 13.2 Å². The molecule has 8 nitrogen and oxygen atoms in total. The fourth-order valence-corrected chi connectivity index (χ4v) is 5.11. The highest BCUT2D eigenvalue weighted by Crippen LogP contribution is 2.31. The maximum absolute atomic E-state index is 13.4. The van der Waals surface area contributed by atoms with Gasteiger partial charge in [-0.25, -0.2) is 18.4 Å². The van der Waals surface area contributed by atoms with Crippen molar-refractivity contribution in [1.82, 2.24) is 9.97 Å². The van der Waals surface area contributed by atoms with E-state index in [-0.39, 0.29) is 28.6 Å². The summed E-state index contributed by atoms with van der Waals surface area (Å²) in [4.78, 5) is 21.7. The lowest BCUT2D eigenvalue weighted by atomic mass is 10.1. The van der Waals surface area contributed by atoms with Crippen LogP contribution < -0.4 is 15.8 Å². The van der Waals surface area contributed by atoms with E-state index in [0.717, 1.165) is 0 Å². The Hall–Kier alpha value is -3.53. The number of nitrogens with zero attached hydrogens (tertiary/aromatic N) is 2. The van der Waals surface area contributed by atoms with Crippen LogP contribution in [-0.4, -0.2) is 37.8 Å². The monoisotopic (exact) mass is 524 g/mol. The number of fused-ring (bicyclic) bond motifs is 1. The van der Waals surface area contributed by atoms with E-state index in [1.807, 2.05) is 6.07 Å². The number of carbonyl (C=O) groups excluding carboxylic acids is 1. The number of rotatable bonds is 10. The van der Waals surface area contributed by atoms with Gasteiger partial charge in [0.05, 0.1) is 39.4 Å². The zero-order valence-corrected chi connectivity index (χ0v) is 21.1. The van der Waals surface area contributed by atoms with Crippen molar-refractivity contribution in [3.8, 4) is 5.75 Å². The molecule has 0 aliphatic carbocycles. The smallest absolute Gasteiger partial charge is 0.184 e. The molecule has 0 aliphatic heterocycles. The number of ketones is 1. The molecule has 0 radical (unpaired) electrons. The van der Waals surface area contributed by atoms with Crippen molar-refractivity contribution in [2.24, 2.45) is 5.73 Å². The van der Waals surface area contributed by atoms with Crippen LogP contribution in [0, 0.1) is 0 Å². The Balaban J connectivity index is 1.73. The molecular weight excluding hydrogens is 500 g/mol. The number of methoxy groups -OCH3 is 1. The summed E-state index contributed by atoms with van der Waals surface area (Å²) < 4.78 is 32.1. The Morgan fingerprint density at radius 3 is 2.50 bits per heavy atom. The summed E-state index contributed by atoms with van der Waals surface area (Å²) in [6.07, 6.45) is 0.788. The van der Waals surface area contributed by atoms with Crippen LogP contribution >= 0.6 is 11.6 Å². The normalized spacial score (nSPS) is 11.4. The van der Waals surface area contributed by atoms with Gasteiger partial charge in [0, 0.05) is 18.1 Å². The summed E-state index contributed by atoms with van der Waals surface area (Å²) in [6.45, 7) is 0.386. The van der Waals surface area contributed by atoms with Gasteiger partial charge in [0.1, 0.15) is 11.5 Å². The van der Waals surface area contributed by atoms with Crippen molar-refractivity contribution in [3.05, 3.63) is 83.0 Å². The van der Waals surface area contributed by atoms with Crippen molar-refractivity contribution in [2.75, 3.05) is 19.0 Å². The minimum absolute atomic E-state index is 0.0291. The number of ether oxygens (including phenoxy) is 1. The number of carbonyl (C=O) groups is 1. The number of sulfone groups is 1. The number of hydrogen-bond donors (Lipinski definition) is 2. The number of benzene rings is 3. The maximum atomic E-state index is 13.4. The van der Waals surface area contributed by atoms with Crippen LogP contribution in [0.4, 0.5) is 11.5 Å². The average Bonchev–Trinajstić information content (AvgIpc) is 2.88. The van der Waals surface area contributed by atoms with Gasteiger partial charge in [-0.3, -0.25) is 4.79 Å². The van der Waals surface area contributed by atoms with Gasteiger partial charge in [-0.2, -0.15) is 0 Å². The summed E-state index contributed by atoms with van der Waals surface area (Å²) in [5.41, 5.74) is 7.67. The largest absolute Gasteiger partial charge is 0.497 e. The van der Waals surface area contributed by atoms with Crippen LogP contribution in [0.15, 0.2) is 71.6 Å². The predicted molar refractivity (Wildman–Crippen MR) is 141 cm³/mol. The second kappa shape index (κ2) is 11.0. The number of anilines is 2. The molecule has 0 aliphatic rings. The Morgan fingerprint density at radius 1 is 1.03 bits per heavy atom. The molecule has 1 aromatic heterocycles. The second-order valence-corrected chi connectivity index (χ2v) is 10.5. The molecule has 0 bridgehead atoms. The number of halogens is 1. The molecule has 3 aromatic carbocycles. The molecule has 10 heteroatoms. The lowest BCUT2D eigenvalue weighted by molar-refractivity contribution is 0.0980. The van der Waals surface area contributed by atoms with Gasteiger partial charge < -0.3 is 15.8 Å². The first-order chi connectivity index (χ1) is 17.3. The van der Waals surface area contributed by atoms with Crippen LogP contribution in [0.5, 0.6) is 5.75 Å². The van der Waals surface area contributed by atoms with Gasteiger partial charge in [0.15, 0.2) is 21.4 Å².